The van der Waals surface area contributed by atoms with E-state index in [1.807, 2.05) is 0 Å². The number of nitrogens with two attached hydrogens (primary N) is 1. The minimum atomic E-state index is 0.275. The van der Waals surface area contributed by atoms with E-state index in [0.717, 1.165) is 24.9 Å². The zero-order valence-corrected chi connectivity index (χ0v) is 11.0. The first-order valence-corrected chi connectivity index (χ1v) is 6.63. The third kappa shape index (κ3) is 4.40. The summed E-state index contributed by atoms with van der Waals surface area (Å²) in [6.45, 7) is 6.09. The molecule has 0 aromatic heterocycles. The summed E-state index contributed by atoms with van der Waals surface area (Å²) in [6.07, 6.45) is 5.66. The van der Waals surface area contributed by atoms with E-state index in [1.54, 1.807) is 7.11 Å². The second-order valence-corrected chi connectivity index (χ2v) is 5.32. The highest BCUT2D eigenvalue weighted by atomic mass is 16.5. The Kier molecular flexibility index (Phi) is 6.32. The van der Waals surface area contributed by atoms with Gasteiger partial charge in [-0.3, -0.25) is 0 Å². The van der Waals surface area contributed by atoms with Crippen molar-refractivity contribution >= 4 is 0 Å². The van der Waals surface area contributed by atoms with Crippen molar-refractivity contribution in [3.8, 4) is 0 Å². The van der Waals surface area contributed by atoms with E-state index in [1.165, 1.54) is 25.7 Å². The van der Waals surface area contributed by atoms with Crippen molar-refractivity contribution in [3.05, 3.63) is 0 Å². The van der Waals surface area contributed by atoms with Crippen molar-refractivity contribution < 1.29 is 4.74 Å². The fourth-order valence-corrected chi connectivity index (χ4v) is 2.53. The molecule has 0 bridgehead atoms. The lowest BCUT2D eigenvalue weighted by molar-refractivity contribution is 0.109. The van der Waals surface area contributed by atoms with E-state index in [0.29, 0.717) is 6.04 Å². The summed E-state index contributed by atoms with van der Waals surface area (Å²) in [6, 6.07) is 0.477. The van der Waals surface area contributed by atoms with Gasteiger partial charge in [0, 0.05) is 26.2 Å². The number of ether oxygens (including phenoxy) is 1. The SMILES string of the molecule is COC(C)CNC(CN)C1CCC(C)CC1. The van der Waals surface area contributed by atoms with Gasteiger partial charge in [-0.25, -0.2) is 0 Å². The molecule has 96 valence electrons. The molecule has 1 aliphatic rings. The first-order valence-electron chi connectivity index (χ1n) is 6.63. The minimum Gasteiger partial charge on any atom is -0.380 e. The van der Waals surface area contributed by atoms with Crippen LogP contribution in [-0.4, -0.2) is 32.3 Å². The molecule has 3 heteroatoms. The highest BCUT2D eigenvalue weighted by molar-refractivity contribution is 4.82. The smallest absolute Gasteiger partial charge is 0.0667 e. The third-order valence-corrected chi connectivity index (χ3v) is 3.95. The third-order valence-electron chi connectivity index (χ3n) is 3.95. The van der Waals surface area contributed by atoms with Crippen LogP contribution in [0.15, 0.2) is 0 Å². The van der Waals surface area contributed by atoms with Crippen molar-refractivity contribution in [2.45, 2.75) is 51.7 Å². The van der Waals surface area contributed by atoms with Crippen molar-refractivity contribution in [1.82, 2.24) is 5.32 Å². The molecule has 0 spiro atoms. The van der Waals surface area contributed by atoms with E-state index in [-0.39, 0.29) is 6.10 Å². The van der Waals surface area contributed by atoms with Gasteiger partial charge >= 0.3 is 0 Å². The van der Waals surface area contributed by atoms with E-state index in [4.69, 9.17) is 10.5 Å². The van der Waals surface area contributed by atoms with Gasteiger partial charge in [-0.15, -0.1) is 0 Å². The van der Waals surface area contributed by atoms with Gasteiger partial charge in [0.25, 0.3) is 0 Å². The Morgan fingerprint density at radius 1 is 1.31 bits per heavy atom. The van der Waals surface area contributed by atoms with Gasteiger partial charge in [0.1, 0.15) is 0 Å². The fraction of sp³-hybridized carbons (Fsp3) is 1.00. The van der Waals surface area contributed by atoms with Gasteiger partial charge in [-0.2, -0.15) is 0 Å². The van der Waals surface area contributed by atoms with Gasteiger partial charge in [-0.05, 0) is 31.6 Å². The van der Waals surface area contributed by atoms with Crippen LogP contribution in [0.5, 0.6) is 0 Å². The molecule has 0 aliphatic heterocycles. The van der Waals surface area contributed by atoms with Crippen LogP contribution in [-0.2, 0) is 4.74 Å². The fourth-order valence-electron chi connectivity index (χ4n) is 2.53. The van der Waals surface area contributed by atoms with Crippen LogP contribution in [0.3, 0.4) is 0 Å². The number of hydrogen-bond donors (Lipinski definition) is 2. The highest BCUT2D eigenvalue weighted by Gasteiger charge is 2.25. The molecule has 3 N–H and O–H groups in total. The summed E-state index contributed by atoms with van der Waals surface area (Å²) in [5, 5.41) is 3.55. The summed E-state index contributed by atoms with van der Waals surface area (Å²) in [5.41, 5.74) is 5.86. The van der Waals surface area contributed by atoms with Gasteiger partial charge in [0.2, 0.25) is 0 Å². The van der Waals surface area contributed by atoms with Crippen molar-refractivity contribution in [2.75, 3.05) is 20.2 Å². The van der Waals surface area contributed by atoms with E-state index in [9.17, 15) is 0 Å². The van der Waals surface area contributed by atoms with Gasteiger partial charge < -0.3 is 15.8 Å². The molecular weight excluding hydrogens is 200 g/mol. The number of methoxy groups -OCH3 is 1. The van der Waals surface area contributed by atoms with E-state index < -0.39 is 0 Å². The normalized spacial score (nSPS) is 30.0. The number of nitrogens with one attached hydrogen (secondary N) is 1. The van der Waals surface area contributed by atoms with Crippen molar-refractivity contribution in [2.24, 2.45) is 17.6 Å². The predicted molar refractivity (Wildman–Crippen MR) is 68.4 cm³/mol. The van der Waals surface area contributed by atoms with E-state index >= 15 is 0 Å². The van der Waals surface area contributed by atoms with Crippen LogP contribution in [0, 0.1) is 11.8 Å². The summed E-state index contributed by atoms with van der Waals surface area (Å²) in [7, 11) is 1.76. The lowest BCUT2D eigenvalue weighted by Gasteiger charge is -2.33. The Morgan fingerprint density at radius 2 is 1.94 bits per heavy atom. The van der Waals surface area contributed by atoms with Crippen LogP contribution < -0.4 is 11.1 Å². The maximum atomic E-state index is 5.86. The summed E-state index contributed by atoms with van der Waals surface area (Å²) in [5.74, 6) is 1.68. The lowest BCUT2D eigenvalue weighted by Crippen LogP contribution is -2.46. The van der Waals surface area contributed by atoms with Crippen LogP contribution in [0.25, 0.3) is 0 Å². The molecular formula is C13H28N2O. The Balaban J connectivity index is 2.30. The first-order chi connectivity index (χ1) is 7.67. The lowest BCUT2D eigenvalue weighted by atomic mass is 9.79. The van der Waals surface area contributed by atoms with Gasteiger partial charge in [-0.1, -0.05) is 19.8 Å². The summed E-state index contributed by atoms with van der Waals surface area (Å²) in [4.78, 5) is 0. The predicted octanol–water partition coefficient (Wildman–Crippen LogP) is 1.76. The van der Waals surface area contributed by atoms with Gasteiger partial charge in [0.05, 0.1) is 6.10 Å². The summed E-state index contributed by atoms with van der Waals surface area (Å²) >= 11 is 0. The van der Waals surface area contributed by atoms with Crippen molar-refractivity contribution in [3.63, 3.8) is 0 Å². The Labute approximate surface area is 100 Å². The molecule has 1 aliphatic carbocycles. The second kappa shape index (κ2) is 7.25. The molecule has 2 atom stereocenters. The second-order valence-electron chi connectivity index (χ2n) is 5.32. The molecule has 0 saturated heterocycles. The van der Waals surface area contributed by atoms with Crippen LogP contribution >= 0.6 is 0 Å². The molecule has 3 nitrogen and oxygen atoms in total. The summed E-state index contributed by atoms with van der Waals surface area (Å²) < 4.78 is 5.25. The van der Waals surface area contributed by atoms with Crippen LogP contribution in [0.2, 0.25) is 0 Å². The molecule has 0 aromatic rings. The standard InChI is InChI=1S/C13H28N2O/c1-10-4-6-12(7-5-10)13(8-14)15-9-11(2)16-3/h10-13,15H,4-9,14H2,1-3H3. The molecule has 0 amide bonds. The Hall–Kier alpha value is -0.120. The molecule has 16 heavy (non-hydrogen) atoms. The first kappa shape index (κ1) is 13.9. The zero-order chi connectivity index (χ0) is 12.0. The molecule has 0 aromatic carbocycles. The van der Waals surface area contributed by atoms with Crippen LogP contribution in [0.4, 0.5) is 0 Å². The molecule has 1 rings (SSSR count). The maximum Gasteiger partial charge on any atom is 0.0667 e. The molecule has 1 fully saturated rings. The Bertz CT molecular complexity index is 179. The largest absolute Gasteiger partial charge is 0.380 e. The van der Waals surface area contributed by atoms with Crippen molar-refractivity contribution in [1.29, 1.82) is 0 Å². The quantitative estimate of drug-likeness (QED) is 0.728. The number of hydrogen-bond acceptors (Lipinski definition) is 3. The average Bonchev–Trinajstić information content (AvgIpc) is 2.31. The van der Waals surface area contributed by atoms with Gasteiger partial charge in [0.15, 0.2) is 0 Å². The molecule has 1 saturated carbocycles. The Morgan fingerprint density at radius 3 is 2.44 bits per heavy atom. The molecule has 2 unspecified atom stereocenters. The zero-order valence-electron chi connectivity index (χ0n) is 11.0. The molecule has 0 radical (unpaired) electrons. The topological polar surface area (TPSA) is 47.3 Å². The molecule has 0 heterocycles. The van der Waals surface area contributed by atoms with E-state index in [2.05, 4.69) is 19.2 Å². The number of rotatable bonds is 6. The minimum absolute atomic E-state index is 0.275. The van der Waals surface area contributed by atoms with Crippen LogP contribution in [0.1, 0.15) is 39.5 Å². The maximum absolute atomic E-state index is 5.86. The highest BCUT2D eigenvalue weighted by Crippen LogP contribution is 2.30. The monoisotopic (exact) mass is 228 g/mol. The average molecular weight is 228 g/mol.